The lowest BCUT2D eigenvalue weighted by Gasteiger charge is -2.28. The van der Waals surface area contributed by atoms with Gasteiger partial charge in [-0.05, 0) is 50.4 Å². The molecule has 1 atom stereocenters. The van der Waals surface area contributed by atoms with Gasteiger partial charge in [-0.15, -0.1) is 0 Å². The maximum Gasteiger partial charge on any atom is 0.188 e. The van der Waals surface area contributed by atoms with E-state index in [-0.39, 0.29) is 0 Å². The molecule has 7 heteroatoms. The van der Waals surface area contributed by atoms with Crippen molar-refractivity contribution in [3.05, 3.63) is 42.1 Å². The first-order valence-electron chi connectivity index (χ1n) is 10.4. The molecule has 29 heavy (non-hydrogen) atoms. The molecule has 3 heterocycles. The van der Waals surface area contributed by atoms with E-state index in [1.807, 2.05) is 13.8 Å². The van der Waals surface area contributed by atoms with Gasteiger partial charge in [-0.3, -0.25) is 0 Å². The molecule has 156 valence electrons. The van der Waals surface area contributed by atoms with Gasteiger partial charge in [0.1, 0.15) is 17.9 Å². The molecule has 0 amide bonds. The summed E-state index contributed by atoms with van der Waals surface area (Å²) in [6.45, 7) is 7.71. The zero-order valence-electron chi connectivity index (χ0n) is 17.1. The van der Waals surface area contributed by atoms with Gasteiger partial charge in [0.2, 0.25) is 0 Å². The van der Waals surface area contributed by atoms with E-state index in [1.54, 1.807) is 12.3 Å². The number of halogens is 1. The van der Waals surface area contributed by atoms with Crippen molar-refractivity contribution in [1.29, 1.82) is 0 Å². The number of ether oxygens (including phenoxy) is 1. The molecule has 2 aliphatic heterocycles. The topological polar surface area (TPSA) is 70.5 Å². The molecule has 2 fully saturated rings. The van der Waals surface area contributed by atoms with Crippen molar-refractivity contribution in [2.45, 2.75) is 45.1 Å². The summed E-state index contributed by atoms with van der Waals surface area (Å²) in [5.74, 6) is 1.31. The third-order valence-corrected chi connectivity index (χ3v) is 6.56. The Morgan fingerprint density at radius 1 is 1.28 bits per heavy atom. The predicted octanol–water partition coefficient (Wildman–Crippen LogP) is 3.61. The van der Waals surface area contributed by atoms with Crippen molar-refractivity contribution >= 4 is 5.82 Å². The summed E-state index contributed by atoms with van der Waals surface area (Å²) in [6, 6.07) is 4.29. The molecule has 1 unspecified atom stereocenters. The minimum atomic E-state index is -1.15. The highest BCUT2D eigenvalue weighted by atomic mass is 19.1. The number of benzene rings is 1. The van der Waals surface area contributed by atoms with Crippen LogP contribution in [0.1, 0.15) is 45.1 Å². The van der Waals surface area contributed by atoms with Gasteiger partial charge in [0, 0.05) is 30.6 Å². The molecule has 0 saturated carbocycles. The number of hydrogen-bond donors (Lipinski definition) is 2. The van der Waals surface area contributed by atoms with E-state index in [2.05, 4.69) is 20.2 Å². The minimum absolute atomic E-state index is 0.300. The Morgan fingerprint density at radius 2 is 2.10 bits per heavy atom. The van der Waals surface area contributed by atoms with Crippen LogP contribution in [0.25, 0.3) is 0 Å². The highest BCUT2D eigenvalue weighted by Crippen LogP contribution is 2.42. The van der Waals surface area contributed by atoms with Crippen LogP contribution in [0.3, 0.4) is 0 Å². The third-order valence-electron chi connectivity index (χ3n) is 6.56. The lowest BCUT2D eigenvalue weighted by molar-refractivity contribution is 0.0262. The molecular weight excluding hydrogens is 371 g/mol. The first-order valence-corrected chi connectivity index (χ1v) is 10.4. The number of hydrogen-bond acceptors (Lipinski definition) is 6. The van der Waals surface area contributed by atoms with Crippen LogP contribution in [0, 0.1) is 11.2 Å². The maximum atomic E-state index is 14.0. The van der Waals surface area contributed by atoms with Crippen molar-refractivity contribution in [2.75, 3.05) is 31.1 Å². The van der Waals surface area contributed by atoms with Crippen LogP contribution < -0.4 is 15.0 Å². The van der Waals surface area contributed by atoms with Crippen molar-refractivity contribution in [3.8, 4) is 11.5 Å². The Balaban J connectivity index is 1.65. The predicted molar refractivity (Wildman–Crippen MR) is 110 cm³/mol. The zero-order chi connectivity index (χ0) is 20.5. The molecule has 2 N–H and O–H groups in total. The van der Waals surface area contributed by atoms with Crippen LogP contribution >= 0.6 is 0 Å². The molecular formula is C22H29FN4O2. The average molecular weight is 400 g/mol. The molecule has 6 nitrogen and oxygen atoms in total. The number of aliphatic hydroxyl groups is 1. The summed E-state index contributed by atoms with van der Waals surface area (Å²) < 4.78 is 20.2. The quantitative estimate of drug-likeness (QED) is 0.772. The van der Waals surface area contributed by atoms with E-state index < -0.39 is 11.4 Å². The average Bonchev–Trinajstić information content (AvgIpc) is 3.39. The normalized spacial score (nSPS) is 21.9. The molecule has 1 aromatic heterocycles. The standard InChI is InChI=1S/C22H29FN4O2/c1-3-22(28,4-2)17-11-16(23)5-6-18(17)29-19-12-25-15-26-20(19)27-10-8-21(14-27)7-9-24-13-21/h5-6,11-12,15,24,28H,3-4,7-10,13-14H2,1-2H3. The summed E-state index contributed by atoms with van der Waals surface area (Å²) in [5.41, 5.74) is -0.399. The third kappa shape index (κ3) is 3.81. The van der Waals surface area contributed by atoms with Gasteiger partial charge in [0.05, 0.1) is 11.8 Å². The van der Waals surface area contributed by atoms with Crippen molar-refractivity contribution < 1.29 is 14.2 Å². The van der Waals surface area contributed by atoms with Gasteiger partial charge in [-0.1, -0.05) is 13.8 Å². The largest absolute Gasteiger partial charge is 0.451 e. The van der Waals surface area contributed by atoms with E-state index in [0.29, 0.717) is 35.3 Å². The second-order valence-corrected chi connectivity index (χ2v) is 8.29. The van der Waals surface area contributed by atoms with Crippen LogP contribution in [-0.2, 0) is 5.60 Å². The van der Waals surface area contributed by atoms with Crippen LogP contribution in [0.15, 0.2) is 30.7 Å². The Labute approximate surface area is 171 Å². The SMILES string of the molecule is CCC(O)(CC)c1cc(F)ccc1Oc1cncnc1N1CCC2(CCNC2)C1. The fourth-order valence-electron chi connectivity index (χ4n) is 4.58. The van der Waals surface area contributed by atoms with Crippen molar-refractivity contribution in [3.63, 3.8) is 0 Å². The molecule has 0 bridgehead atoms. The van der Waals surface area contributed by atoms with Gasteiger partial charge in [-0.2, -0.15) is 0 Å². The molecule has 2 aromatic rings. The summed E-state index contributed by atoms with van der Waals surface area (Å²) >= 11 is 0. The lowest BCUT2D eigenvalue weighted by atomic mass is 9.87. The summed E-state index contributed by atoms with van der Waals surface area (Å²) in [5, 5.41) is 14.5. The highest BCUT2D eigenvalue weighted by Gasteiger charge is 2.41. The molecule has 0 aliphatic carbocycles. The van der Waals surface area contributed by atoms with Gasteiger partial charge in [-0.25, -0.2) is 14.4 Å². The maximum absolute atomic E-state index is 14.0. The van der Waals surface area contributed by atoms with E-state index in [0.717, 1.165) is 38.4 Å². The Bertz CT molecular complexity index is 866. The second-order valence-electron chi connectivity index (χ2n) is 8.29. The summed E-state index contributed by atoms with van der Waals surface area (Å²) in [6.07, 6.45) is 6.39. The molecule has 1 spiro atoms. The van der Waals surface area contributed by atoms with Crippen LogP contribution in [0.2, 0.25) is 0 Å². The molecule has 1 aromatic carbocycles. The van der Waals surface area contributed by atoms with Gasteiger partial charge >= 0.3 is 0 Å². The van der Waals surface area contributed by atoms with Crippen LogP contribution in [0.4, 0.5) is 10.2 Å². The molecule has 2 aliphatic rings. The zero-order valence-corrected chi connectivity index (χ0v) is 17.1. The Morgan fingerprint density at radius 3 is 2.83 bits per heavy atom. The van der Waals surface area contributed by atoms with Gasteiger partial charge < -0.3 is 20.1 Å². The van der Waals surface area contributed by atoms with E-state index in [9.17, 15) is 9.50 Å². The molecule has 0 radical (unpaired) electrons. The van der Waals surface area contributed by atoms with Crippen molar-refractivity contribution in [2.24, 2.45) is 5.41 Å². The number of anilines is 1. The van der Waals surface area contributed by atoms with Gasteiger partial charge in [0.25, 0.3) is 0 Å². The lowest BCUT2D eigenvalue weighted by Crippen LogP contribution is -2.29. The Hall–Kier alpha value is -2.25. The molecule has 4 rings (SSSR count). The van der Waals surface area contributed by atoms with Crippen molar-refractivity contribution in [1.82, 2.24) is 15.3 Å². The second kappa shape index (κ2) is 7.88. The number of nitrogens with zero attached hydrogens (tertiary/aromatic N) is 3. The van der Waals surface area contributed by atoms with E-state index >= 15 is 0 Å². The first kappa shape index (κ1) is 20.0. The number of rotatable bonds is 6. The number of aromatic nitrogens is 2. The molecule has 2 saturated heterocycles. The first-order chi connectivity index (χ1) is 14.0. The monoisotopic (exact) mass is 400 g/mol. The summed E-state index contributed by atoms with van der Waals surface area (Å²) in [7, 11) is 0. The number of nitrogens with one attached hydrogen (secondary N) is 1. The van der Waals surface area contributed by atoms with Crippen LogP contribution in [0.5, 0.6) is 11.5 Å². The minimum Gasteiger partial charge on any atom is -0.451 e. The Kier molecular flexibility index (Phi) is 5.44. The van der Waals surface area contributed by atoms with Gasteiger partial charge in [0.15, 0.2) is 11.6 Å². The smallest absolute Gasteiger partial charge is 0.188 e. The summed E-state index contributed by atoms with van der Waals surface area (Å²) in [4.78, 5) is 10.9. The highest BCUT2D eigenvalue weighted by molar-refractivity contribution is 5.54. The van der Waals surface area contributed by atoms with Crippen LogP contribution in [-0.4, -0.2) is 41.3 Å². The fourth-order valence-corrected chi connectivity index (χ4v) is 4.58. The van der Waals surface area contributed by atoms with E-state index in [1.165, 1.54) is 24.9 Å². The van der Waals surface area contributed by atoms with E-state index in [4.69, 9.17) is 4.74 Å². The fraction of sp³-hybridized carbons (Fsp3) is 0.545.